The van der Waals surface area contributed by atoms with Crippen molar-refractivity contribution in [2.24, 2.45) is 0 Å². The van der Waals surface area contributed by atoms with Crippen molar-refractivity contribution in [3.05, 3.63) is 39.8 Å². The first-order valence-corrected chi connectivity index (χ1v) is 6.83. The van der Waals surface area contributed by atoms with Crippen LogP contribution >= 0.6 is 11.3 Å². The average molecular weight is 263 g/mol. The summed E-state index contributed by atoms with van der Waals surface area (Å²) in [7, 11) is 0. The molecule has 2 heterocycles. The minimum Gasteiger partial charge on any atom is -0.351 e. The van der Waals surface area contributed by atoms with Gasteiger partial charge in [0.1, 0.15) is 0 Å². The Morgan fingerprint density at radius 3 is 2.94 bits per heavy atom. The Bertz CT molecular complexity index is 516. The van der Waals surface area contributed by atoms with Crippen LogP contribution in [0.15, 0.2) is 23.6 Å². The van der Waals surface area contributed by atoms with Gasteiger partial charge in [0.2, 0.25) is 5.91 Å². The topological polar surface area (TPSA) is 46.9 Å². The summed E-state index contributed by atoms with van der Waals surface area (Å²) in [6.45, 7) is 5.22. The number of rotatable bonds is 5. The molecule has 18 heavy (non-hydrogen) atoms. The molecule has 2 aromatic heterocycles. The quantitative estimate of drug-likeness (QED) is 0.899. The Hall–Kier alpha value is -1.62. The number of hydrogen-bond donors (Lipinski definition) is 1. The number of nitrogens with one attached hydrogen (secondary N) is 1. The molecule has 0 atom stereocenters. The zero-order valence-electron chi connectivity index (χ0n) is 10.6. The Balaban J connectivity index is 1.76. The minimum atomic E-state index is 0.0657. The molecule has 0 fully saturated rings. The van der Waals surface area contributed by atoms with E-state index >= 15 is 0 Å². The van der Waals surface area contributed by atoms with Gasteiger partial charge in [0, 0.05) is 23.5 Å². The molecule has 0 saturated carbocycles. The highest BCUT2D eigenvalue weighted by atomic mass is 32.1. The molecule has 96 valence electrons. The van der Waals surface area contributed by atoms with Crippen molar-refractivity contribution in [3.8, 4) is 0 Å². The van der Waals surface area contributed by atoms with Gasteiger partial charge in [-0.3, -0.25) is 9.48 Å². The van der Waals surface area contributed by atoms with Gasteiger partial charge in [-0.2, -0.15) is 5.10 Å². The van der Waals surface area contributed by atoms with E-state index in [1.54, 1.807) is 11.3 Å². The van der Waals surface area contributed by atoms with Gasteiger partial charge in [-0.25, -0.2) is 0 Å². The van der Waals surface area contributed by atoms with E-state index in [0.29, 0.717) is 19.5 Å². The number of nitrogens with zero attached hydrogens (tertiary/aromatic N) is 2. The SMILES string of the molecule is Cc1cc(C)n(CCC(=O)NCc2cccs2)n1. The summed E-state index contributed by atoms with van der Waals surface area (Å²) in [6, 6.07) is 6.03. The van der Waals surface area contributed by atoms with Crippen LogP contribution in [0.25, 0.3) is 0 Å². The highest BCUT2D eigenvalue weighted by molar-refractivity contribution is 7.09. The van der Waals surface area contributed by atoms with Crippen LogP contribution in [0.3, 0.4) is 0 Å². The largest absolute Gasteiger partial charge is 0.351 e. The van der Waals surface area contributed by atoms with Gasteiger partial charge in [0.05, 0.1) is 12.2 Å². The Labute approximate surface area is 111 Å². The van der Waals surface area contributed by atoms with Gasteiger partial charge in [-0.1, -0.05) is 6.07 Å². The van der Waals surface area contributed by atoms with Crippen molar-refractivity contribution in [2.75, 3.05) is 0 Å². The van der Waals surface area contributed by atoms with Crippen LogP contribution in [0, 0.1) is 13.8 Å². The molecule has 0 radical (unpaired) electrons. The number of aromatic nitrogens is 2. The number of aryl methyl sites for hydroxylation is 3. The molecule has 0 unspecified atom stereocenters. The monoisotopic (exact) mass is 263 g/mol. The number of hydrogen-bond acceptors (Lipinski definition) is 3. The Morgan fingerprint density at radius 1 is 1.50 bits per heavy atom. The molecule has 5 heteroatoms. The molecule has 1 N–H and O–H groups in total. The van der Waals surface area contributed by atoms with E-state index in [1.807, 2.05) is 42.1 Å². The highest BCUT2D eigenvalue weighted by Gasteiger charge is 2.05. The standard InChI is InChI=1S/C13H17N3OS/c1-10-8-11(2)16(15-10)6-5-13(17)14-9-12-4-3-7-18-12/h3-4,7-8H,5-6,9H2,1-2H3,(H,14,17). The second kappa shape index (κ2) is 5.82. The third-order valence-electron chi connectivity index (χ3n) is 2.69. The van der Waals surface area contributed by atoms with Gasteiger partial charge in [0.15, 0.2) is 0 Å². The lowest BCUT2D eigenvalue weighted by atomic mass is 10.3. The fourth-order valence-corrected chi connectivity index (χ4v) is 2.44. The number of thiophene rings is 1. The van der Waals surface area contributed by atoms with Crippen LogP contribution in [0.1, 0.15) is 22.7 Å². The number of carbonyl (C=O) groups is 1. The van der Waals surface area contributed by atoms with Gasteiger partial charge in [-0.05, 0) is 31.4 Å². The van der Waals surface area contributed by atoms with Crippen molar-refractivity contribution in [1.29, 1.82) is 0 Å². The Kier molecular flexibility index (Phi) is 4.15. The van der Waals surface area contributed by atoms with Crippen LogP contribution in [-0.4, -0.2) is 15.7 Å². The molecular formula is C13H17N3OS. The van der Waals surface area contributed by atoms with Crippen molar-refractivity contribution < 1.29 is 4.79 Å². The van der Waals surface area contributed by atoms with Crippen LogP contribution in [0.2, 0.25) is 0 Å². The normalized spacial score (nSPS) is 10.6. The number of amides is 1. The molecule has 1 amide bonds. The number of carbonyl (C=O) groups excluding carboxylic acids is 1. The van der Waals surface area contributed by atoms with Crippen molar-refractivity contribution in [2.45, 2.75) is 33.4 Å². The van der Waals surface area contributed by atoms with Crippen LogP contribution in [0.5, 0.6) is 0 Å². The summed E-state index contributed by atoms with van der Waals surface area (Å²) in [5.41, 5.74) is 2.09. The molecule has 0 spiro atoms. The van der Waals surface area contributed by atoms with E-state index in [0.717, 1.165) is 11.4 Å². The van der Waals surface area contributed by atoms with Crippen LogP contribution in [-0.2, 0) is 17.9 Å². The van der Waals surface area contributed by atoms with Crippen LogP contribution in [0.4, 0.5) is 0 Å². The summed E-state index contributed by atoms with van der Waals surface area (Å²) in [5, 5.41) is 9.25. The van der Waals surface area contributed by atoms with Crippen molar-refractivity contribution in [3.63, 3.8) is 0 Å². The molecule has 0 saturated heterocycles. The van der Waals surface area contributed by atoms with E-state index in [9.17, 15) is 4.79 Å². The molecule has 0 aromatic carbocycles. The lowest BCUT2D eigenvalue weighted by molar-refractivity contribution is -0.121. The molecule has 2 rings (SSSR count). The summed E-state index contributed by atoms with van der Waals surface area (Å²) >= 11 is 1.65. The fraction of sp³-hybridized carbons (Fsp3) is 0.385. The maximum absolute atomic E-state index is 11.7. The molecular weight excluding hydrogens is 246 g/mol. The van der Waals surface area contributed by atoms with E-state index < -0.39 is 0 Å². The van der Waals surface area contributed by atoms with Crippen LogP contribution < -0.4 is 5.32 Å². The zero-order valence-corrected chi connectivity index (χ0v) is 11.5. The Morgan fingerprint density at radius 2 is 2.33 bits per heavy atom. The molecule has 0 aliphatic rings. The molecule has 4 nitrogen and oxygen atoms in total. The maximum Gasteiger partial charge on any atom is 0.222 e. The third-order valence-corrected chi connectivity index (χ3v) is 3.57. The maximum atomic E-state index is 11.7. The van der Waals surface area contributed by atoms with E-state index in [2.05, 4.69) is 10.4 Å². The smallest absolute Gasteiger partial charge is 0.222 e. The second-order valence-electron chi connectivity index (χ2n) is 4.26. The second-order valence-corrected chi connectivity index (χ2v) is 5.29. The third kappa shape index (κ3) is 3.43. The van der Waals surface area contributed by atoms with Crippen molar-refractivity contribution in [1.82, 2.24) is 15.1 Å². The predicted octanol–water partition coefficient (Wildman–Crippen LogP) is 2.27. The highest BCUT2D eigenvalue weighted by Crippen LogP contribution is 2.07. The van der Waals surface area contributed by atoms with Gasteiger partial charge in [0.25, 0.3) is 0 Å². The minimum absolute atomic E-state index is 0.0657. The molecule has 0 aliphatic heterocycles. The van der Waals surface area contributed by atoms with Gasteiger partial charge in [-0.15, -0.1) is 11.3 Å². The summed E-state index contributed by atoms with van der Waals surface area (Å²) in [6.07, 6.45) is 0.466. The summed E-state index contributed by atoms with van der Waals surface area (Å²) in [4.78, 5) is 12.9. The predicted molar refractivity (Wildman–Crippen MR) is 72.5 cm³/mol. The van der Waals surface area contributed by atoms with E-state index in [-0.39, 0.29) is 5.91 Å². The van der Waals surface area contributed by atoms with Crippen molar-refractivity contribution >= 4 is 17.2 Å². The zero-order chi connectivity index (χ0) is 13.0. The molecule has 2 aromatic rings. The van der Waals surface area contributed by atoms with Gasteiger partial charge >= 0.3 is 0 Å². The molecule has 0 aliphatic carbocycles. The first kappa shape index (κ1) is 12.8. The lowest BCUT2D eigenvalue weighted by Crippen LogP contribution is -2.23. The van der Waals surface area contributed by atoms with Gasteiger partial charge < -0.3 is 5.32 Å². The molecule has 0 bridgehead atoms. The first-order valence-electron chi connectivity index (χ1n) is 5.95. The summed E-state index contributed by atoms with van der Waals surface area (Å²) < 4.78 is 1.88. The lowest BCUT2D eigenvalue weighted by Gasteiger charge is -2.05. The average Bonchev–Trinajstić information content (AvgIpc) is 2.94. The fourth-order valence-electron chi connectivity index (χ4n) is 1.80. The first-order chi connectivity index (χ1) is 8.65. The van der Waals surface area contributed by atoms with E-state index in [4.69, 9.17) is 0 Å². The van der Waals surface area contributed by atoms with E-state index in [1.165, 1.54) is 4.88 Å². The summed E-state index contributed by atoms with van der Waals surface area (Å²) in [5.74, 6) is 0.0657.